The monoisotopic (exact) mass is 374 g/mol. The molecule has 1 N–H and O–H groups in total. The van der Waals surface area contributed by atoms with Crippen molar-refractivity contribution in [2.75, 3.05) is 6.61 Å². The van der Waals surface area contributed by atoms with Crippen LogP contribution >= 0.6 is 0 Å². The molecule has 0 bridgehead atoms. The first-order chi connectivity index (χ1) is 12.2. The maximum Gasteiger partial charge on any atom is 0.330 e. The summed E-state index contributed by atoms with van der Waals surface area (Å²) >= 11 is 0. The van der Waals surface area contributed by atoms with Crippen molar-refractivity contribution in [1.82, 2.24) is 9.55 Å². The standard InChI is InChI=1S/C20H30N2O3Si/c1-15(2)18-17(13-16-9-7-6-8-10-16)22(20(24)21-19(18)23)14-25-11-12-26(3,4)5/h6-10,15H,11-14H2,1-5H3,(H,21,23,24). The molecule has 0 fully saturated rings. The van der Waals surface area contributed by atoms with Gasteiger partial charge in [-0.3, -0.25) is 14.3 Å². The van der Waals surface area contributed by atoms with Gasteiger partial charge < -0.3 is 4.74 Å². The molecule has 0 aliphatic carbocycles. The van der Waals surface area contributed by atoms with Crippen molar-refractivity contribution in [3.63, 3.8) is 0 Å². The molecule has 0 saturated heterocycles. The average Bonchev–Trinajstić information content (AvgIpc) is 2.53. The van der Waals surface area contributed by atoms with Crippen LogP contribution in [0.1, 0.15) is 36.6 Å². The van der Waals surface area contributed by atoms with Crippen molar-refractivity contribution >= 4 is 8.07 Å². The second kappa shape index (κ2) is 8.64. The van der Waals surface area contributed by atoms with E-state index in [1.165, 1.54) is 0 Å². The molecule has 26 heavy (non-hydrogen) atoms. The van der Waals surface area contributed by atoms with Crippen molar-refractivity contribution in [2.24, 2.45) is 0 Å². The molecule has 0 unspecified atom stereocenters. The molecule has 1 heterocycles. The molecule has 1 aromatic heterocycles. The molecule has 5 nitrogen and oxygen atoms in total. The smallest absolute Gasteiger partial charge is 0.330 e. The Morgan fingerprint density at radius 2 is 1.77 bits per heavy atom. The van der Waals surface area contributed by atoms with Gasteiger partial charge in [0.1, 0.15) is 6.73 Å². The van der Waals surface area contributed by atoms with Gasteiger partial charge in [-0.15, -0.1) is 0 Å². The normalized spacial score (nSPS) is 11.9. The molecule has 0 aliphatic rings. The number of ether oxygens (including phenoxy) is 1. The zero-order chi connectivity index (χ0) is 19.3. The summed E-state index contributed by atoms with van der Waals surface area (Å²) in [7, 11) is -1.19. The van der Waals surface area contributed by atoms with Crippen LogP contribution in [-0.2, 0) is 17.9 Å². The van der Waals surface area contributed by atoms with E-state index in [4.69, 9.17) is 4.74 Å². The van der Waals surface area contributed by atoms with Gasteiger partial charge in [0.05, 0.1) is 0 Å². The Morgan fingerprint density at radius 1 is 1.12 bits per heavy atom. The van der Waals surface area contributed by atoms with Crippen LogP contribution in [0.4, 0.5) is 0 Å². The highest BCUT2D eigenvalue weighted by Gasteiger charge is 2.18. The van der Waals surface area contributed by atoms with E-state index < -0.39 is 13.8 Å². The molecule has 142 valence electrons. The Bertz CT molecular complexity index is 833. The van der Waals surface area contributed by atoms with E-state index in [2.05, 4.69) is 24.6 Å². The molecule has 0 amide bonds. The lowest BCUT2D eigenvalue weighted by atomic mass is 9.98. The zero-order valence-electron chi connectivity index (χ0n) is 16.5. The fraction of sp³-hybridized carbons (Fsp3) is 0.500. The molecule has 0 radical (unpaired) electrons. The second-order valence-corrected chi connectivity index (χ2v) is 13.8. The Morgan fingerprint density at radius 3 is 2.35 bits per heavy atom. The van der Waals surface area contributed by atoms with Gasteiger partial charge in [-0.05, 0) is 17.5 Å². The topological polar surface area (TPSA) is 64.1 Å². The van der Waals surface area contributed by atoms with Crippen LogP contribution in [0.25, 0.3) is 0 Å². The first-order valence-corrected chi connectivity index (χ1v) is 12.9. The van der Waals surface area contributed by atoms with Crippen LogP contribution in [0.15, 0.2) is 39.9 Å². The van der Waals surface area contributed by atoms with Crippen LogP contribution in [0.5, 0.6) is 0 Å². The van der Waals surface area contributed by atoms with Crippen molar-refractivity contribution in [2.45, 2.75) is 58.6 Å². The summed E-state index contributed by atoms with van der Waals surface area (Å²) in [6, 6.07) is 10.9. The first kappa shape index (κ1) is 20.4. The van der Waals surface area contributed by atoms with Gasteiger partial charge in [0, 0.05) is 32.4 Å². The van der Waals surface area contributed by atoms with Gasteiger partial charge in [0.25, 0.3) is 5.56 Å². The maximum atomic E-state index is 12.5. The van der Waals surface area contributed by atoms with Gasteiger partial charge in [-0.25, -0.2) is 4.79 Å². The van der Waals surface area contributed by atoms with Crippen LogP contribution < -0.4 is 11.2 Å². The number of nitrogens with zero attached hydrogens (tertiary/aromatic N) is 1. The van der Waals surface area contributed by atoms with Crippen LogP contribution in [0.2, 0.25) is 25.7 Å². The molecule has 0 atom stereocenters. The lowest BCUT2D eigenvalue weighted by Crippen LogP contribution is -2.37. The minimum Gasteiger partial charge on any atom is -0.361 e. The number of rotatable bonds is 8. The van der Waals surface area contributed by atoms with Crippen molar-refractivity contribution in [1.29, 1.82) is 0 Å². The van der Waals surface area contributed by atoms with E-state index >= 15 is 0 Å². The molecule has 2 aromatic rings. The van der Waals surface area contributed by atoms with Crippen LogP contribution in [0.3, 0.4) is 0 Å². The minimum atomic E-state index is -1.19. The SMILES string of the molecule is CC(C)c1c(Cc2ccccc2)n(COCC[Si](C)(C)C)c(=O)[nH]c1=O. The first-order valence-electron chi connectivity index (χ1n) is 9.16. The number of H-pyrrole nitrogens is 1. The van der Waals surface area contributed by atoms with E-state index in [9.17, 15) is 9.59 Å². The number of nitrogens with one attached hydrogen (secondary N) is 1. The van der Waals surface area contributed by atoms with Gasteiger partial charge in [0.15, 0.2) is 0 Å². The average molecular weight is 375 g/mol. The number of aromatic nitrogens is 2. The molecular formula is C20H30N2O3Si. The Hall–Kier alpha value is -1.92. The van der Waals surface area contributed by atoms with Crippen LogP contribution in [0, 0.1) is 0 Å². The van der Waals surface area contributed by atoms with Crippen molar-refractivity contribution < 1.29 is 4.74 Å². The molecule has 6 heteroatoms. The zero-order valence-corrected chi connectivity index (χ0v) is 17.5. The molecule has 2 rings (SSSR count). The Labute approximate surface area is 156 Å². The largest absolute Gasteiger partial charge is 0.361 e. The highest BCUT2D eigenvalue weighted by atomic mass is 28.3. The predicted molar refractivity (Wildman–Crippen MR) is 109 cm³/mol. The third kappa shape index (κ3) is 5.54. The van der Waals surface area contributed by atoms with E-state index in [1.807, 2.05) is 44.2 Å². The molecule has 0 aliphatic heterocycles. The van der Waals surface area contributed by atoms with E-state index in [-0.39, 0.29) is 18.2 Å². The van der Waals surface area contributed by atoms with E-state index in [1.54, 1.807) is 4.57 Å². The number of hydrogen-bond acceptors (Lipinski definition) is 3. The predicted octanol–water partition coefficient (Wildman–Crippen LogP) is 3.56. The highest BCUT2D eigenvalue weighted by molar-refractivity contribution is 6.76. The summed E-state index contributed by atoms with van der Waals surface area (Å²) in [5.74, 6) is 0.0197. The van der Waals surface area contributed by atoms with Gasteiger partial charge in [-0.1, -0.05) is 63.8 Å². The minimum absolute atomic E-state index is 0.0197. The molecule has 0 saturated carbocycles. The van der Waals surface area contributed by atoms with Crippen molar-refractivity contribution in [3.8, 4) is 0 Å². The molecule has 1 aromatic carbocycles. The van der Waals surface area contributed by atoms with Crippen LogP contribution in [-0.4, -0.2) is 24.2 Å². The quantitative estimate of drug-likeness (QED) is 0.567. The lowest BCUT2D eigenvalue weighted by Gasteiger charge is -2.20. The third-order valence-corrected chi connectivity index (χ3v) is 6.06. The fourth-order valence-corrected chi connectivity index (χ4v) is 3.63. The number of aromatic amines is 1. The molecule has 0 spiro atoms. The summed E-state index contributed by atoms with van der Waals surface area (Å²) in [6.45, 7) is 11.6. The fourth-order valence-electron chi connectivity index (χ4n) is 2.88. The third-order valence-electron chi connectivity index (χ3n) is 4.36. The summed E-state index contributed by atoms with van der Waals surface area (Å²) < 4.78 is 7.38. The Kier molecular flexibility index (Phi) is 6.78. The highest BCUT2D eigenvalue weighted by Crippen LogP contribution is 2.18. The van der Waals surface area contributed by atoms with Gasteiger partial charge in [0.2, 0.25) is 0 Å². The van der Waals surface area contributed by atoms with E-state index in [0.717, 1.165) is 17.3 Å². The number of benzene rings is 1. The second-order valence-electron chi connectivity index (χ2n) is 8.21. The summed E-state index contributed by atoms with van der Waals surface area (Å²) in [5, 5.41) is 0. The lowest BCUT2D eigenvalue weighted by molar-refractivity contribution is 0.0815. The van der Waals surface area contributed by atoms with E-state index in [0.29, 0.717) is 18.6 Å². The van der Waals surface area contributed by atoms with Gasteiger partial charge >= 0.3 is 5.69 Å². The summed E-state index contributed by atoms with van der Waals surface area (Å²) in [5.41, 5.74) is 1.76. The summed E-state index contributed by atoms with van der Waals surface area (Å²) in [4.78, 5) is 27.3. The maximum absolute atomic E-state index is 12.5. The number of hydrogen-bond donors (Lipinski definition) is 1. The van der Waals surface area contributed by atoms with Gasteiger partial charge in [-0.2, -0.15) is 0 Å². The Balaban J connectivity index is 2.37. The summed E-state index contributed by atoms with van der Waals surface area (Å²) in [6.07, 6.45) is 0.533. The van der Waals surface area contributed by atoms with Crippen molar-refractivity contribution in [3.05, 3.63) is 68.0 Å². The molecular weight excluding hydrogens is 344 g/mol.